The van der Waals surface area contributed by atoms with E-state index in [1.807, 2.05) is 11.0 Å². The van der Waals surface area contributed by atoms with Crippen molar-refractivity contribution in [2.45, 2.75) is 33.4 Å². The number of aromatic nitrogens is 3. The highest BCUT2D eigenvalue weighted by Gasteiger charge is 2.04. The minimum atomic E-state index is 0. The van der Waals surface area contributed by atoms with Crippen molar-refractivity contribution < 1.29 is 17.0 Å². The van der Waals surface area contributed by atoms with Crippen LogP contribution in [0.15, 0.2) is 36.9 Å². The quantitative estimate of drug-likeness (QED) is 0.635. The summed E-state index contributed by atoms with van der Waals surface area (Å²) >= 11 is 0. The fourth-order valence-electron chi connectivity index (χ4n) is 1.69. The third-order valence-corrected chi connectivity index (χ3v) is 2.57. The normalized spacial score (nSPS) is 10.0. The van der Waals surface area contributed by atoms with Gasteiger partial charge in [0.2, 0.25) is 6.33 Å². The molecule has 0 saturated heterocycles. The number of hydrogen-bond donors (Lipinski definition) is 0. The lowest BCUT2D eigenvalue weighted by Gasteiger charge is -1.98. The Bertz CT molecular complexity index is 448. The van der Waals surface area contributed by atoms with Gasteiger partial charge in [0.15, 0.2) is 0 Å². The van der Waals surface area contributed by atoms with Gasteiger partial charge in [0.1, 0.15) is 6.54 Å². The zero-order chi connectivity index (χ0) is 11.4. The maximum absolute atomic E-state index is 4.30. The van der Waals surface area contributed by atoms with Gasteiger partial charge in [-0.25, -0.2) is 4.57 Å². The Labute approximate surface area is 109 Å². The molecule has 1 heterocycles. The Morgan fingerprint density at radius 2 is 1.94 bits per heavy atom. The molecule has 0 aliphatic heterocycles. The summed E-state index contributed by atoms with van der Waals surface area (Å²) in [6.07, 6.45) is 5.06. The molecule has 1 aromatic carbocycles. The van der Waals surface area contributed by atoms with Crippen LogP contribution in [0.1, 0.15) is 24.5 Å². The van der Waals surface area contributed by atoms with E-state index in [-0.39, 0.29) is 12.4 Å². The molecular weight excluding hydrogens is 234 g/mol. The average Bonchev–Trinajstić information content (AvgIpc) is 2.70. The number of nitrogens with zero attached hydrogens (tertiary/aromatic N) is 3. The second-order valence-electron chi connectivity index (χ2n) is 4.17. The van der Waals surface area contributed by atoms with Gasteiger partial charge < -0.3 is 12.4 Å². The first-order chi connectivity index (χ1) is 7.78. The first-order valence-electron chi connectivity index (χ1n) is 5.75. The molecule has 0 saturated carbocycles. The second kappa shape index (κ2) is 6.40. The van der Waals surface area contributed by atoms with E-state index >= 15 is 0 Å². The van der Waals surface area contributed by atoms with Crippen LogP contribution in [0.25, 0.3) is 0 Å². The molecule has 0 radical (unpaired) electrons. The largest absolute Gasteiger partial charge is 1.00 e. The Morgan fingerprint density at radius 3 is 2.59 bits per heavy atom. The topological polar surface area (TPSA) is 21.7 Å². The molecule has 17 heavy (non-hydrogen) atoms. The van der Waals surface area contributed by atoms with Crippen LogP contribution in [-0.4, -0.2) is 9.78 Å². The molecule has 0 spiro atoms. The van der Waals surface area contributed by atoms with Gasteiger partial charge >= 0.3 is 0 Å². The summed E-state index contributed by atoms with van der Waals surface area (Å²) in [6.45, 7) is 6.15. The van der Waals surface area contributed by atoms with E-state index in [1.54, 1.807) is 0 Å². The molecule has 0 bridgehead atoms. The third kappa shape index (κ3) is 3.86. The Hall–Kier alpha value is -1.35. The van der Waals surface area contributed by atoms with Crippen LogP contribution >= 0.6 is 0 Å². The van der Waals surface area contributed by atoms with Crippen LogP contribution in [0, 0.1) is 6.92 Å². The number of benzene rings is 1. The zero-order valence-electron chi connectivity index (χ0n) is 10.3. The monoisotopic (exact) mass is 251 g/mol. The fraction of sp³-hybridized carbons (Fsp3) is 0.385. The highest BCUT2D eigenvalue weighted by molar-refractivity contribution is 5.20. The molecule has 3 nitrogen and oxygen atoms in total. The third-order valence-electron chi connectivity index (χ3n) is 2.57. The van der Waals surface area contributed by atoms with Crippen LogP contribution in [-0.2, 0) is 13.1 Å². The lowest BCUT2D eigenvalue weighted by Crippen LogP contribution is -3.00. The molecule has 0 fully saturated rings. The number of halogens is 1. The highest BCUT2D eigenvalue weighted by Crippen LogP contribution is 2.02. The predicted octanol–water partition coefficient (Wildman–Crippen LogP) is -1.06. The average molecular weight is 252 g/mol. The molecule has 0 aliphatic rings. The van der Waals surface area contributed by atoms with E-state index in [1.165, 1.54) is 11.1 Å². The lowest BCUT2D eigenvalue weighted by atomic mass is 10.1. The number of rotatable bonds is 4. The molecular formula is C13H18ClN3. The van der Waals surface area contributed by atoms with Crippen LogP contribution in [0.4, 0.5) is 0 Å². The van der Waals surface area contributed by atoms with Crippen LogP contribution in [0.2, 0.25) is 0 Å². The summed E-state index contributed by atoms with van der Waals surface area (Å²) in [5.41, 5.74) is 2.61. The van der Waals surface area contributed by atoms with Crippen molar-refractivity contribution in [1.82, 2.24) is 9.78 Å². The fourth-order valence-corrected chi connectivity index (χ4v) is 1.69. The molecule has 4 heteroatoms. The van der Waals surface area contributed by atoms with Crippen molar-refractivity contribution in [2.24, 2.45) is 0 Å². The summed E-state index contributed by atoms with van der Waals surface area (Å²) in [7, 11) is 0. The molecule has 1 aromatic heterocycles. The van der Waals surface area contributed by atoms with Crippen molar-refractivity contribution >= 4 is 0 Å². The van der Waals surface area contributed by atoms with Crippen LogP contribution in [0.3, 0.4) is 0 Å². The molecule has 92 valence electrons. The van der Waals surface area contributed by atoms with Gasteiger partial charge in [0.25, 0.3) is 6.33 Å². The number of aryl methyl sites for hydroxylation is 2. The minimum Gasteiger partial charge on any atom is -1.00 e. The Balaban J connectivity index is 0.00000144. The van der Waals surface area contributed by atoms with E-state index in [2.05, 4.69) is 54.1 Å². The van der Waals surface area contributed by atoms with Crippen molar-refractivity contribution in [2.75, 3.05) is 0 Å². The van der Waals surface area contributed by atoms with Gasteiger partial charge in [0.05, 0.1) is 6.54 Å². The molecule has 0 amide bonds. The van der Waals surface area contributed by atoms with Crippen molar-refractivity contribution in [3.05, 3.63) is 48.0 Å². The zero-order valence-corrected chi connectivity index (χ0v) is 11.1. The SMILES string of the molecule is CCCn1c[n+](Cc2ccc(C)cc2)cn1.[Cl-]. The first-order valence-corrected chi connectivity index (χ1v) is 5.75. The number of hydrogen-bond acceptors (Lipinski definition) is 1. The van der Waals surface area contributed by atoms with E-state index in [9.17, 15) is 0 Å². The molecule has 0 unspecified atom stereocenters. The van der Waals surface area contributed by atoms with E-state index in [0.717, 1.165) is 19.5 Å². The van der Waals surface area contributed by atoms with Crippen molar-refractivity contribution in [1.29, 1.82) is 0 Å². The van der Waals surface area contributed by atoms with Gasteiger partial charge in [-0.2, -0.15) is 0 Å². The molecule has 0 aliphatic carbocycles. The molecule has 0 atom stereocenters. The molecule has 2 aromatic rings. The van der Waals surface area contributed by atoms with Crippen LogP contribution in [0.5, 0.6) is 0 Å². The van der Waals surface area contributed by atoms with Crippen LogP contribution < -0.4 is 17.0 Å². The maximum atomic E-state index is 4.30. The molecule has 2 rings (SSSR count). The van der Waals surface area contributed by atoms with E-state index in [4.69, 9.17) is 0 Å². The predicted molar refractivity (Wildman–Crippen MR) is 63.0 cm³/mol. The summed E-state index contributed by atoms with van der Waals surface area (Å²) in [4.78, 5) is 0. The summed E-state index contributed by atoms with van der Waals surface area (Å²) in [5, 5.41) is 4.30. The summed E-state index contributed by atoms with van der Waals surface area (Å²) < 4.78 is 4.09. The van der Waals surface area contributed by atoms with Gasteiger partial charge in [-0.15, -0.1) is 4.68 Å². The van der Waals surface area contributed by atoms with E-state index < -0.39 is 0 Å². The summed E-state index contributed by atoms with van der Waals surface area (Å²) in [5.74, 6) is 0. The minimum absolute atomic E-state index is 0. The van der Waals surface area contributed by atoms with Gasteiger partial charge in [-0.1, -0.05) is 36.8 Å². The van der Waals surface area contributed by atoms with Crippen molar-refractivity contribution in [3.8, 4) is 0 Å². The smallest absolute Gasteiger partial charge is 0.265 e. The van der Waals surface area contributed by atoms with Gasteiger partial charge in [-0.3, -0.25) is 0 Å². The van der Waals surface area contributed by atoms with E-state index in [0.29, 0.717) is 0 Å². The Kier molecular flexibility index (Phi) is 5.16. The van der Waals surface area contributed by atoms with Crippen molar-refractivity contribution in [3.63, 3.8) is 0 Å². The highest BCUT2D eigenvalue weighted by atomic mass is 35.5. The van der Waals surface area contributed by atoms with Gasteiger partial charge in [-0.05, 0) is 18.9 Å². The first kappa shape index (κ1) is 13.7. The molecule has 0 N–H and O–H groups in total. The standard InChI is InChI=1S/C13H18N3.ClH/c1-3-8-16-11-15(10-14-16)9-13-6-4-12(2)5-7-13;/h4-7,10-11H,3,8-9H2,1-2H3;1H/q+1;/p-1. The second-order valence-corrected chi connectivity index (χ2v) is 4.17. The maximum Gasteiger partial charge on any atom is 0.265 e. The lowest BCUT2D eigenvalue weighted by molar-refractivity contribution is -0.689. The summed E-state index contributed by atoms with van der Waals surface area (Å²) in [6, 6.07) is 8.62. The Morgan fingerprint density at radius 1 is 1.24 bits per heavy atom. The van der Waals surface area contributed by atoms with Gasteiger partial charge in [0, 0.05) is 5.10 Å².